The summed E-state index contributed by atoms with van der Waals surface area (Å²) in [4.78, 5) is 26.4. The second kappa shape index (κ2) is 6.68. The molecule has 1 fully saturated rings. The normalized spacial score (nSPS) is 16.5. The summed E-state index contributed by atoms with van der Waals surface area (Å²) < 4.78 is 10.7. The molecule has 2 aromatic carbocycles. The Balaban J connectivity index is 1.59. The van der Waals surface area contributed by atoms with E-state index in [0.717, 1.165) is 18.8 Å². The van der Waals surface area contributed by atoms with E-state index in [9.17, 15) is 9.59 Å². The van der Waals surface area contributed by atoms with Crippen LogP contribution < -0.4 is 20.7 Å². The van der Waals surface area contributed by atoms with Gasteiger partial charge in [0.1, 0.15) is 5.75 Å². The Labute approximate surface area is 150 Å². The van der Waals surface area contributed by atoms with Gasteiger partial charge in [0.25, 0.3) is 5.91 Å². The van der Waals surface area contributed by atoms with Crippen LogP contribution in [0.2, 0.25) is 0 Å². The Bertz CT molecular complexity index is 875. The van der Waals surface area contributed by atoms with E-state index in [-0.39, 0.29) is 18.3 Å². The molecule has 2 aliphatic rings. The lowest BCUT2D eigenvalue weighted by Gasteiger charge is -2.30. The molecule has 2 aromatic rings. The highest BCUT2D eigenvalue weighted by atomic mass is 16.5. The second-order valence-electron chi connectivity index (χ2n) is 6.25. The highest BCUT2D eigenvalue weighted by Gasteiger charge is 2.20. The van der Waals surface area contributed by atoms with Gasteiger partial charge >= 0.3 is 0 Å². The molecule has 0 saturated carbocycles. The summed E-state index contributed by atoms with van der Waals surface area (Å²) >= 11 is 0. The molecule has 2 aliphatic heterocycles. The minimum Gasteiger partial charge on any atom is -0.482 e. The van der Waals surface area contributed by atoms with Crippen LogP contribution in [-0.2, 0) is 9.53 Å². The van der Waals surface area contributed by atoms with Gasteiger partial charge in [0, 0.05) is 24.2 Å². The van der Waals surface area contributed by atoms with Crippen LogP contribution in [0.5, 0.6) is 5.75 Å². The van der Waals surface area contributed by atoms with Crippen LogP contribution in [0.4, 0.5) is 17.1 Å². The quantitative estimate of drug-likeness (QED) is 0.644. The number of nitrogen functional groups attached to an aromatic ring is 1. The molecule has 0 atom stereocenters. The van der Waals surface area contributed by atoms with E-state index in [1.165, 1.54) is 0 Å². The number of hydrogen-bond donors (Lipinski definition) is 2. The minimum atomic E-state index is -0.235. The largest absolute Gasteiger partial charge is 0.482 e. The third-order valence-corrected chi connectivity index (χ3v) is 4.52. The molecule has 1 saturated heterocycles. The number of ketones is 1. The van der Waals surface area contributed by atoms with E-state index in [2.05, 4.69) is 10.2 Å². The molecule has 7 heteroatoms. The maximum atomic E-state index is 12.8. The number of nitrogens with one attached hydrogen (secondary N) is 1. The number of anilines is 3. The number of hydrogen-bond acceptors (Lipinski definition) is 6. The summed E-state index contributed by atoms with van der Waals surface area (Å²) in [6, 6.07) is 10.3. The van der Waals surface area contributed by atoms with Gasteiger partial charge in [-0.15, -0.1) is 0 Å². The molecule has 7 nitrogen and oxygen atoms in total. The lowest BCUT2D eigenvalue weighted by molar-refractivity contribution is -0.118. The Kier molecular flexibility index (Phi) is 4.22. The van der Waals surface area contributed by atoms with Crippen molar-refractivity contribution in [1.82, 2.24) is 0 Å². The first kappa shape index (κ1) is 16.4. The molecule has 0 unspecified atom stereocenters. The maximum absolute atomic E-state index is 12.8. The number of carbonyl (C=O) groups is 2. The van der Waals surface area contributed by atoms with E-state index in [1.807, 2.05) is 6.07 Å². The van der Waals surface area contributed by atoms with Gasteiger partial charge in [-0.05, 0) is 36.4 Å². The van der Waals surface area contributed by atoms with Gasteiger partial charge in [-0.25, -0.2) is 0 Å². The number of carbonyl (C=O) groups excluding carboxylic acids is 2. The van der Waals surface area contributed by atoms with Gasteiger partial charge in [0.2, 0.25) is 0 Å². The van der Waals surface area contributed by atoms with E-state index in [1.54, 1.807) is 30.3 Å². The third-order valence-electron chi connectivity index (χ3n) is 4.52. The van der Waals surface area contributed by atoms with Gasteiger partial charge in [0.05, 0.1) is 30.3 Å². The molecule has 134 valence electrons. The molecule has 2 heterocycles. The van der Waals surface area contributed by atoms with Crippen molar-refractivity contribution in [2.45, 2.75) is 0 Å². The van der Waals surface area contributed by atoms with Crippen LogP contribution in [0.3, 0.4) is 0 Å². The van der Waals surface area contributed by atoms with Crippen LogP contribution in [0.15, 0.2) is 36.4 Å². The zero-order valence-electron chi connectivity index (χ0n) is 14.2. The molecular formula is C19H19N3O4. The molecule has 1 amide bonds. The predicted molar refractivity (Wildman–Crippen MR) is 97.9 cm³/mol. The molecule has 0 bridgehead atoms. The van der Waals surface area contributed by atoms with Crippen molar-refractivity contribution < 1.29 is 19.1 Å². The van der Waals surface area contributed by atoms with Crippen LogP contribution in [0.25, 0.3) is 0 Å². The number of amides is 1. The number of fused-ring (bicyclic) bond motifs is 1. The zero-order valence-corrected chi connectivity index (χ0v) is 14.2. The molecule has 4 rings (SSSR count). The Morgan fingerprint density at radius 1 is 1.08 bits per heavy atom. The van der Waals surface area contributed by atoms with Crippen molar-refractivity contribution in [2.24, 2.45) is 0 Å². The minimum absolute atomic E-state index is 0.0141. The van der Waals surface area contributed by atoms with Gasteiger partial charge < -0.3 is 25.4 Å². The van der Waals surface area contributed by atoms with Crippen molar-refractivity contribution in [2.75, 3.05) is 48.9 Å². The molecular weight excluding hydrogens is 334 g/mol. The number of nitrogens with two attached hydrogens (primary N) is 1. The first-order valence-electron chi connectivity index (χ1n) is 8.45. The molecule has 3 N–H and O–H groups in total. The van der Waals surface area contributed by atoms with E-state index >= 15 is 0 Å². The molecule has 0 spiro atoms. The molecule has 0 radical (unpaired) electrons. The average molecular weight is 353 g/mol. The standard InChI is InChI=1S/C19H19N3O4/c20-14-9-12(1-3-16(14)22-5-7-25-8-6-22)19(24)13-2-4-17-15(10-13)21-18(23)11-26-17/h1-4,9-10H,5-8,11,20H2,(H,21,23). The smallest absolute Gasteiger partial charge is 0.262 e. The number of ether oxygens (including phenoxy) is 2. The lowest BCUT2D eigenvalue weighted by Crippen LogP contribution is -2.36. The van der Waals surface area contributed by atoms with Gasteiger partial charge in [-0.3, -0.25) is 9.59 Å². The van der Waals surface area contributed by atoms with Crippen molar-refractivity contribution in [3.8, 4) is 5.75 Å². The first-order chi connectivity index (χ1) is 12.6. The molecule has 0 aliphatic carbocycles. The number of benzene rings is 2. The Morgan fingerprint density at radius 3 is 2.58 bits per heavy atom. The fourth-order valence-electron chi connectivity index (χ4n) is 3.18. The fourth-order valence-corrected chi connectivity index (χ4v) is 3.18. The monoisotopic (exact) mass is 353 g/mol. The van der Waals surface area contributed by atoms with Gasteiger partial charge in [-0.2, -0.15) is 0 Å². The number of morpholine rings is 1. The number of rotatable bonds is 3. The van der Waals surface area contributed by atoms with Crippen molar-refractivity contribution in [3.05, 3.63) is 47.5 Å². The summed E-state index contributed by atoms with van der Waals surface area (Å²) in [5.41, 5.74) is 9.13. The van der Waals surface area contributed by atoms with Crippen LogP contribution in [0, 0.1) is 0 Å². The summed E-state index contributed by atoms with van der Waals surface area (Å²) in [7, 11) is 0. The van der Waals surface area contributed by atoms with Crippen LogP contribution in [0.1, 0.15) is 15.9 Å². The van der Waals surface area contributed by atoms with Crippen LogP contribution in [-0.4, -0.2) is 44.6 Å². The first-order valence-corrected chi connectivity index (χ1v) is 8.45. The molecule has 26 heavy (non-hydrogen) atoms. The van der Waals surface area contributed by atoms with E-state index in [4.69, 9.17) is 15.2 Å². The second-order valence-corrected chi connectivity index (χ2v) is 6.25. The Hall–Kier alpha value is -3.06. The van der Waals surface area contributed by atoms with Crippen LogP contribution >= 0.6 is 0 Å². The van der Waals surface area contributed by atoms with Crippen molar-refractivity contribution in [3.63, 3.8) is 0 Å². The Morgan fingerprint density at radius 2 is 1.81 bits per heavy atom. The number of nitrogens with zero attached hydrogens (tertiary/aromatic N) is 1. The fraction of sp³-hybridized carbons (Fsp3) is 0.263. The third kappa shape index (κ3) is 3.09. The van der Waals surface area contributed by atoms with Crippen molar-refractivity contribution in [1.29, 1.82) is 0 Å². The average Bonchev–Trinajstić information content (AvgIpc) is 2.67. The topological polar surface area (TPSA) is 93.9 Å². The summed E-state index contributed by atoms with van der Waals surface area (Å²) in [5.74, 6) is 0.164. The summed E-state index contributed by atoms with van der Waals surface area (Å²) in [6.07, 6.45) is 0. The highest BCUT2D eigenvalue weighted by molar-refractivity contribution is 6.11. The predicted octanol–water partition coefficient (Wildman–Crippen LogP) is 1.67. The maximum Gasteiger partial charge on any atom is 0.262 e. The summed E-state index contributed by atoms with van der Waals surface area (Å²) in [6.45, 7) is 2.88. The lowest BCUT2D eigenvalue weighted by atomic mass is 10.0. The van der Waals surface area contributed by atoms with Crippen molar-refractivity contribution >= 4 is 28.8 Å². The summed E-state index contributed by atoms with van der Waals surface area (Å²) in [5, 5.41) is 2.71. The van der Waals surface area contributed by atoms with Gasteiger partial charge in [-0.1, -0.05) is 0 Å². The zero-order chi connectivity index (χ0) is 18.1. The SMILES string of the molecule is Nc1cc(C(=O)c2ccc3c(c2)NC(=O)CO3)ccc1N1CCOCC1. The van der Waals surface area contributed by atoms with E-state index in [0.29, 0.717) is 41.5 Å². The molecule has 0 aromatic heterocycles. The van der Waals surface area contributed by atoms with Gasteiger partial charge in [0.15, 0.2) is 12.4 Å². The highest BCUT2D eigenvalue weighted by Crippen LogP contribution is 2.30. The van der Waals surface area contributed by atoms with E-state index < -0.39 is 0 Å².